The summed E-state index contributed by atoms with van der Waals surface area (Å²) in [5, 5.41) is 3.18. The molecule has 0 radical (unpaired) electrons. The van der Waals surface area contributed by atoms with Gasteiger partial charge in [-0.2, -0.15) is 0 Å². The number of hydrogen-bond acceptors (Lipinski definition) is 6. The highest BCUT2D eigenvalue weighted by molar-refractivity contribution is 5.79. The monoisotopic (exact) mass is 450 g/mol. The number of amides is 1. The fraction of sp³-hybridized carbons (Fsp3) is 0.577. The summed E-state index contributed by atoms with van der Waals surface area (Å²) in [7, 11) is 0. The number of rotatable bonds is 7. The van der Waals surface area contributed by atoms with Gasteiger partial charge in [0, 0.05) is 63.4 Å². The van der Waals surface area contributed by atoms with Crippen molar-refractivity contribution in [1.29, 1.82) is 0 Å². The number of benzene rings is 1. The van der Waals surface area contributed by atoms with Crippen molar-refractivity contribution in [3.05, 3.63) is 47.3 Å². The molecule has 0 bridgehead atoms. The van der Waals surface area contributed by atoms with E-state index in [-0.39, 0.29) is 11.8 Å². The van der Waals surface area contributed by atoms with Gasteiger partial charge in [-0.1, -0.05) is 12.1 Å². The van der Waals surface area contributed by atoms with E-state index in [2.05, 4.69) is 62.0 Å². The van der Waals surface area contributed by atoms with Crippen LogP contribution in [0.1, 0.15) is 36.1 Å². The Morgan fingerprint density at radius 1 is 1.06 bits per heavy atom. The Hall–Kier alpha value is -2.67. The number of piperazine rings is 1. The minimum absolute atomic E-state index is 0.0176. The maximum Gasteiger partial charge on any atom is 0.225 e. The average Bonchev–Trinajstić information content (AvgIpc) is 2.84. The molecular weight excluding hydrogens is 412 g/mol. The maximum atomic E-state index is 12.8. The third-order valence-electron chi connectivity index (χ3n) is 6.89. The van der Waals surface area contributed by atoms with Crippen LogP contribution in [0.5, 0.6) is 0 Å². The number of aryl methyl sites for hydroxylation is 3. The van der Waals surface area contributed by atoms with Crippen molar-refractivity contribution >= 4 is 17.5 Å². The molecule has 0 spiro atoms. The van der Waals surface area contributed by atoms with E-state index in [0.717, 1.165) is 76.7 Å². The molecule has 1 amide bonds. The van der Waals surface area contributed by atoms with Crippen LogP contribution in [0.15, 0.2) is 30.5 Å². The molecule has 2 aliphatic heterocycles. The van der Waals surface area contributed by atoms with Crippen molar-refractivity contribution < 1.29 is 4.79 Å². The molecule has 1 unspecified atom stereocenters. The van der Waals surface area contributed by atoms with Gasteiger partial charge in [-0.3, -0.25) is 9.69 Å². The van der Waals surface area contributed by atoms with Crippen LogP contribution >= 0.6 is 0 Å². The smallest absolute Gasteiger partial charge is 0.225 e. The number of carbonyl (C=O) groups is 1. The summed E-state index contributed by atoms with van der Waals surface area (Å²) in [5.41, 5.74) is 5.01. The molecule has 1 N–H and O–H groups in total. The number of carbonyl (C=O) groups excluding carboxylic acids is 1. The van der Waals surface area contributed by atoms with Gasteiger partial charge in [0.2, 0.25) is 11.9 Å². The molecule has 3 heterocycles. The molecule has 7 nitrogen and oxygen atoms in total. The van der Waals surface area contributed by atoms with Crippen LogP contribution in [-0.4, -0.2) is 73.1 Å². The van der Waals surface area contributed by atoms with E-state index in [1.165, 1.54) is 16.8 Å². The maximum absolute atomic E-state index is 12.8. The van der Waals surface area contributed by atoms with Gasteiger partial charge in [-0.05, 0) is 69.8 Å². The van der Waals surface area contributed by atoms with E-state index in [1.807, 2.05) is 13.0 Å². The Balaban J connectivity index is 1.16. The van der Waals surface area contributed by atoms with Crippen LogP contribution in [0.25, 0.3) is 0 Å². The Labute approximate surface area is 198 Å². The zero-order chi connectivity index (χ0) is 23.2. The second kappa shape index (κ2) is 11.0. The summed E-state index contributed by atoms with van der Waals surface area (Å²) in [4.78, 5) is 28.8. The van der Waals surface area contributed by atoms with E-state index < -0.39 is 0 Å². The zero-order valence-electron chi connectivity index (χ0n) is 20.4. The summed E-state index contributed by atoms with van der Waals surface area (Å²) in [5.74, 6) is 0.934. The molecule has 0 aliphatic carbocycles. The fourth-order valence-corrected chi connectivity index (χ4v) is 4.89. The lowest BCUT2D eigenvalue weighted by molar-refractivity contribution is -0.125. The second-order valence-electron chi connectivity index (χ2n) is 9.55. The summed E-state index contributed by atoms with van der Waals surface area (Å²) in [6.45, 7) is 14.0. The molecule has 0 saturated carbocycles. The Kier molecular flexibility index (Phi) is 7.81. The summed E-state index contributed by atoms with van der Waals surface area (Å²) in [6, 6.07) is 8.61. The summed E-state index contributed by atoms with van der Waals surface area (Å²) in [6.07, 6.45) is 4.73. The lowest BCUT2D eigenvalue weighted by atomic mass is 9.97. The largest absolute Gasteiger partial charge is 0.369 e. The van der Waals surface area contributed by atoms with E-state index in [4.69, 9.17) is 0 Å². The Morgan fingerprint density at radius 3 is 2.67 bits per heavy atom. The molecule has 178 valence electrons. The first-order chi connectivity index (χ1) is 16.0. The normalized spacial score (nSPS) is 19.5. The highest BCUT2D eigenvalue weighted by Gasteiger charge is 2.27. The van der Waals surface area contributed by atoms with E-state index in [1.54, 1.807) is 6.20 Å². The first-order valence-electron chi connectivity index (χ1n) is 12.4. The molecule has 1 aromatic carbocycles. The highest BCUT2D eigenvalue weighted by Crippen LogP contribution is 2.23. The molecule has 1 atom stereocenters. The molecule has 1 aromatic heterocycles. The fourth-order valence-electron chi connectivity index (χ4n) is 4.89. The molecule has 2 aliphatic rings. The number of anilines is 2. The first-order valence-corrected chi connectivity index (χ1v) is 12.4. The van der Waals surface area contributed by atoms with Crippen molar-refractivity contribution in [3.63, 3.8) is 0 Å². The van der Waals surface area contributed by atoms with Gasteiger partial charge in [0.1, 0.15) is 0 Å². The Morgan fingerprint density at radius 2 is 1.88 bits per heavy atom. The van der Waals surface area contributed by atoms with Crippen LogP contribution in [0.3, 0.4) is 0 Å². The summed E-state index contributed by atoms with van der Waals surface area (Å²) < 4.78 is 0. The highest BCUT2D eigenvalue weighted by atomic mass is 16.1. The first kappa shape index (κ1) is 23.5. The second-order valence-corrected chi connectivity index (χ2v) is 9.55. The predicted octanol–water partition coefficient (Wildman–Crippen LogP) is 2.95. The lowest BCUT2D eigenvalue weighted by Gasteiger charge is -2.37. The topological polar surface area (TPSA) is 64.6 Å². The van der Waals surface area contributed by atoms with Gasteiger partial charge in [0.15, 0.2) is 0 Å². The average molecular weight is 451 g/mol. The van der Waals surface area contributed by atoms with E-state index in [0.29, 0.717) is 6.54 Å². The Bertz CT molecular complexity index is 940. The number of nitrogens with zero attached hydrogens (tertiary/aromatic N) is 5. The van der Waals surface area contributed by atoms with Crippen molar-refractivity contribution in [2.24, 2.45) is 5.92 Å². The molecule has 7 heteroatoms. The van der Waals surface area contributed by atoms with Crippen LogP contribution in [-0.2, 0) is 4.79 Å². The van der Waals surface area contributed by atoms with Crippen molar-refractivity contribution in [3.8, 4) is 0 Å². The van der Waals surface area contributed by atoms with Crippen LogP contribution < -0.4 is 15.1 Å². The minimum atomic E-state index is 0.0176. The van der Waals surface area contributed by atoms with Gasteiger partial charge in [0.25, 0.3) is 0 Å². The van der Waals surface area contributed by atoms with Gasteiger partial charge >= 0.3 is 0 Å². The van der Waals surface area contributed by atoms with E-state index in [9.17, 15) is 4.79 Å². The lowest BCUT2D eigenvalue weighted by Crippen LogP contribution is -2.47. The zero-order valence-corrected chi connectivity index (χ0v) is 20.4. The third-order valence-corrected chi connectivity index (χ3v) is 6.89. The molecule has 2 saturated heterocycles. The number of hydrogen-bond donors (Lipinski definition) is 1. The number of nitrogens with one attached hydrogen (secondary N) is 1. The molecule has 2 fully saturated rings. The summed E-state index contributed by atoms with van der Waals surface area (Å²) >= 11 is 0. The van der Waals surface area contributed by atoms with Crippen LogP contribution in [0.4, 0.5) is 11.6 Å². The minimum Gasteiger partial charge on any atom is -0.369 e. The van der Waals surface area contributed by atoms with Crippen molar-refractivity contribution in [1.82, 2.24) is 20.2 Å². The predicted molar refractivity (Wildman–Crippen MR) is 134 cm³/mol. The quantitative estimate of drug-likeness (QED) is 0.655. The molecule has 4 rings (SSSR count). The number of piperidine rings is 1. The van der Waals surface area contributed by atoms with Gasteiger partial charge < -0.3 is 15.1 Å². The molecular formula is C26H38N6O. The molecule has 2 aromatic rings. The SMILES string of the molecule is Cc1ccc(C)c(N2CCN(CCCNC(=O)C3CCCN(c4nccc(C)n4)C3)CC2)c1. The van der Waals surface area contributed by atoms with E-state index >= 15 is 0 Å². The van der Waals surface area contributed by atoms with Gasteiger partial charge in [-0.25, -0.2) is 9.97 Å². The molecule has 33 heavy (non-hydrogen) atoms. The number of aromatic nitrogens is 2. The van der Waals surface area contributed by atoms with Crippen LogP contribution in [0, 0.1) is 26.7 Å². The third kappa shape index (κ3) is 6.22. The van der Waals surface area contributed by atoms with Crippen molar-refractivity contribution in [2.45, 2.75) is 40.0 Å². The standard InChI is InChI=1S/C26H38N6O/c1-20-7-8-21(2)24(18-20)31-16-14-30(15-17-31)12-5-10-27-25(33)23-6-4-13-32(19-23)26-28-11-9-22(3)29-26/h7-9,11,18,23H,4-6,10,12-17,19H2,1-3H3,(H,27,33). The van der Waals surface area contributed by atoms with Crippen LogP contribution in [0.2, 0.25) is 0 Å². The van der Waals surface area contributed by atoms with Crippen molar-refractivity contribution in [2.75, 3.05) is 62.2 Å². The van der Waals surface area contributed by atoms with Gasteiger partial charge in [-0.15, -0.1) is 0 Å². The van der Waals surface area contributed by atoms with Gasteiger partial charge in [0.05, 0.1) is 5.92 Å².